The van der Waals surface area contributed by atoms with Crippen molar-refractivity contribution in [2.75, 3.05) is 6.54 Å². The molecule has 0 aromatic heterocycles. The maximum Gasteiger partial charge on any atom is 0.316 e. The van der Waals surface area contributed by atoms with E-state index in [0.29, 0.717) is 0 Å². The highest BCUT2D eigenvalue weighted by Gasteiger charge is 2.49. The number of amides is 2. The van der Waals surface area contributed by atoms with Crippen LogP contribution in [0.15, 0.2) is 0 Å². The van der Waals surface area contributed by atoms with E-state index in [1.807, 2.05) is 13.8 Å². The molecule has 2 amide bonds. The van der Waals surface area contributed by atoms with Gasteiger partial charge >= 0.3 is 5.91 Å². The van der Waals surface area contributed by atoms with Gasteiger partial charge in [0.15, 0.2) is 0 Å². The predicted octanol–water partition coefficient (Wildman–Crippen LogP) is 0.0805. The van der Waals surface area contributed by atoms with E-state index < -0.39 is 22.5 Å². The Hall–Kier alpha value is -1.23. The lowest BCUT2D eigenvalue weighted by atomic mass is 9.89. The number of hydrogen-bond donors (Lipinski definition) is 0. The lowest BCUT2D eigenvalue weighted by molar-refractivity contribution is -0.834. The molecule has 1 aliphatic rings. The highest BCUT2D eigenvalue weighted by molar-refractivity contribution is 5.84. The number of quaternary nitrogens is 1. The van der Waals surface area contributed by atoms with Crippen molar-refractivity contribution in [1.29, 1.82) is 0 Å². The Kier molecular flexibility index (Phi) is 3.48. The van der Waals surface area contributed by atoms with Gasteiger partial charge in [0.1, 0.15) is 11.8 Å². The van der Waals surface area contributed by atoms with Crippen molar-refractivity contribution in [3.05, 3.63) is 0 Å². The number of carbonyl (C=O) groups is 3. The maximum absolute atomic E-state index is 11.6. The monoisotopic (exact) mass is 227 g/mol. The number of Topliss-reactive ketones (excluding diaryl/α,β-unsaturated/α-hetero) is 1. The summed E-state index contributed by atoms with van der Waals surface area (Å²) in [5.41, 5.74) is 0. The van der Waals surface area contributed by atoms with Crippen LogP contribution >= 0.6 is 0 Å². The lowest BCUT2D eigenvalue weighted by Gasteiger charge is -2.45. The quantitative estimate of drug-likeness (QED) is 0.594. The van der Waals surface area contributed by atoms with E-state index >= 15 is 0 Å². The number of carbonyl (C=O) groups excluding carboxylic acids is 3. The molecule has 0 bridgehead atoms. The molecule has 0 aromatic carbocycles. The number of rotatable bonds is 1. The first-order chi connectivity index (χ1) is 7.32. The zero-order valence-electron chi connectivity index (χ0n) is 9.86. The maximum atomic E-state index is 11.6. The van der Waals surface area contributed by atoms with E-state index in [0.717, 1.165) is 0 Å². The molecule has 5 heteroatoms. The third-order valence-electron chi connectivity index (χ3n) is 3.40. The molecule has 0 saturated carbocycles. The number of piperidine rings is 1. The van der Waals surface area contributed by atoms with Crippen molar-refractivity contribution < 1.29 is 24.0 Å². The van der Waals surface area contributed by atoms with Gasteiger partial charge in [0.25, 0.3) is 6.09 Å². The molecule has 2 atom stereocenters. The van der Waals surface area contributed by atoms with Crippen molar-refractivity contribution in [2.24, 2.45) is 5.92 Å². The summed E-state index contributed by atoms with van der Waals surface area (Å²) in [5, 5.41) is 11.3. The first kappa shape index (κ1) is 12.8. The Morgan fingerprint density at radius 1 is 1.44 bits per heavy atom. The van der Waals surface area contributed by atoms with E-state index in [-0.39, 0.29) is 31.1 Å². The van der Waals surface area contributed by atoms with Gasteiger partial charge in [-0.25, -0.2) is 9.28 Å². The summed E-state index contributed by atoms with van der Waals surface area (Å²) in [5.74, 6) is -0.479. The van der Waals surface area contributed by atoms with Crippen molar-refractivity contribution >= 4 is 17.8 Å². The van der Waals surface area contributed by atoms with Gasteiger partial charge in [-0.1, -0.05) is 13.8 Å². The third kappa shape index (κ3) is 1.87. The van der Waals surface area contributed by atoms with E-state index in [1.165, 1.54) is 6.92 Å². The predicted molar refractivity (Wildman–Crippen MR) is 54.1 cm³/mol. The molecule has 5 nitrogen and oxygen atoms in total. The van der Waals surface area contributed by atoms with Crippen LogP contribution in [-0.4, -0.2) is 34.9 Å². The number of carboxylic acid groups (broad SMARTS) is 1. The van der Waals surface area contributed by atoms with Gasteiger partial charge in [0.05, 0.1) is 26.3 Å². The van der Waals surface area contributed by atoms with Crippen molar-refractivity contribution in [1.82, 2.24) is 0 Å². The van der Waals surface area contributed by atoms with Gasteiger partial charge in [-0.05, 0) is 0 Å². The minimum Gasteiger partial charge on any atom is -0.498 e. The van der Waals surface area contributed by atoms with Gasteiger partial charge in [0, 0.05) is 5.92 Å². The fourth-order valence-electron chi connectivity index (χ4n) is 2.45. The summed E-state index contributed by atoms with van der Waals surface area (Å²) in [6.07, 6.45) is -1.11. The van der Waals surface area contributed by atoms with E-state index in [1.54, 1.807) is 0 Å². The van der Waals surface area contributed by atoms with Crippen LogP contribution in [0.4, 0.5) is 4.79 Å². The van der Waals surface area contributed by atoms with Crippen LogP contribution in [-0.2, 0) is 9.59 Å². The highest BCUT2D eigenvalue weighted by atomic mass is 16.4. The third-order valence-corrected chi connectivity index (χ3v) is 3.40. The molecule has 2 unspecified atom stereocenters. The Balaban J connectivity index is 3.18. The fraction of sp³-hybridized carbons (Fsp3) is 0.727. The molecule has 1 fully saturated rings. The van der Waals surface area contributed by atoms with E-state index in [9.17, 15) is 19.5 Å². The van der Waals surface area contributed by atoms with Crippen LogP contribution in [0.3, 0.4) is 0 Å². The molecule has 0 radical (unpaired) electrons. The molecule has 16 heavy (non-hydrogen) atoms. The van der Waals surface area contributed by atoms with Crippen molar-refractivity contribution in [3.8, 4) is 0 Å². The number of nitrogens with zero attached hydrogens (tertiary/aromatic N) is 1. The van der Waals surface area contributed by atoms with Gasteiger partial charge < -0.3 is 9.90 Å². The second kappa shape index (κ2) is 4.33. The Morgan fingerprint density at radius 3 is 2.38 bits per heavy atom. The number of ketones is 1. The topological polar surface area (TPSA) is 74.3 Å². The van der Waals surface area contributed by atoms with Gasteiger partial charge in [-0.15, -0.1) is 0 Å². The summed E-state index contributed by atoms with van der Waals surface area (Å²) in [4.78, 5) is 34.3. The molecule has 1 aliphatic heterocycles. The van der Waals surface area contributed by atoms with Crippen LogP contribution in [0.25, 0.3) is 0 Å². The van der Waals surface area contributed by atoms with Crippen LogP contribution in [0.2, 0.25) is 0 Å². The second-order valence-electron chi connectivity index (χ2n) is 4.68. The first-order valence-electron chi connectivity index (χ1n) is 5.44. The smallest absolute Gasteiger partial charge is 0.316 e. The molecule has 0 aliphatic carbocycles. The minimum absolute atomic E-state index is 0.0231. The zero-order chi connectivity index (χ0) is 12.5. The van der Waals surface area contributed by atoms with Crippen LogP contribution in [0, 0.1) is 5.92 Å². The van der Waals surface area contributed by atoms with Gasteiger partial charge in [0.2, 0.25) is 0 Å². The largest absolute Gasteiger partial charge is 0.498 e. The standard InChI is InChI=1S/C11H17NO4/c1-7(2)10-6-9(14)4-5-12(10,8(3)13)11(15)16/h7,10H,4-6H2,1-3H3. The van der Waals surface area contributed by atoms with Crippen LogP contribution in [0.1, 0.15) is 33.6 Å². The normalized spacial score (nSPS) is 30.5. The Labute approximate surface area is 94.6 Å². The number of imide groups is 1. The van der Waals surface area contributed by atoms with Gasteiger partial charge in [-0.2, -0.15) is 0 Å². The summed E-state index contributed by atoms with van der Waals surface area (Å²) >= 11 is 0. The molecule has 1 heterocycles. The van der Waals surface area contributed by atoms with Crippen molar-refractivity contribution in [3.63, 3.8) is 0 Å². The summed E-state index contributed by atoms with van der Waals surface area (Å²) < 4.78 is -0.705. The molecule has 90 valence electrons. The summed E-state index contributed by atoms with van der Waals surface area (Å²) in [7, 11) is 0. The minimum atomic E-state index is -1.39. The molecule has 1 saturated heterocycles. The molecule has 1 rings (SSSR count). The van der Waals surface area contributed by atoms with E-state index in [2.05, 4.69) is 0 Å². The first-order valence-corrected chi connectivity index (χ1v) is 5.44. The number of likely N-dealkylation sites (tertiary alicyclic amines) is 1. The summed E-state index contributed by atoms with van der Waals surface area (Å²) in [6, 6.07) is -0.497. The Morgan fingerprint density at radius 2 is 2.00 bits per heavy atom. The molecule has 0 N–H and O–H groups in total. The fourth-order valence-corrected chi connectivity index (χ4v) is 2.45. The van der Waals surface area contributed by atoms with Gasteiger partial charge in [-0.3, -0.25) is 4.79 Å². The average Bonchev–Trinajstić information content (AvgIpc) is 2.16. The lowest BCUT2D eigenvalue weighted by Crippen LogP contribution is -2.70. The van der Waals surface area contributed by atoms with Crippen molar-refractivity contribution in [2.45, 2.75) is 39.7 Å². The van der Waals surface area contributed by atoms with Crippen LogP contribution in [0.5, 0.6) is 0 Å². The molecular weight excluding hydrogens is 210 g/mol. The zero-order valence-corrected chi connectivity index (χ0v) is 9.86. The van der Waals surface area contributed by atoms with Crippen LogP contribution < -0.4 is 5.11 Å². The molecular formula is C11H17NO4. The molecule has 0 aromatic rings. The second-order valence-corrected chi connectivity index (χ2v) is 4.68. The Bertz CT molecular complexity index is 321. The average molecular weight is 227 g/mol. The molecule has 0 spiro atoms. The summed E-state index contributed by atoms with van der Waals surface area (Å²) in [6.45, 7) is 4.92. The SMILES string of the molecule is CC(=O)[N+]1(C(=O)[O-])CCC(=O)CC1C(C)C. The highest BCUT2D eigenvalue weighted by Crippen LogP contribution is 2.29. The van der Waals surface area contributed by atoms with E-state index in [4.69, 9.17) is 0 Å². The number of hydrogen-bond acceptors (Lipinski definition) is 4.